The van der Waals surface area contributed by atoms with Crippen molar-refractivity contribution in [1.82, 2.24) is 15.4 Å². The topological polar surface area (TPSA) is 154 Å². The predicted molar refractivity (Wildman–Crippen MR) is 167 cm³/mol. The summed E-state index contributed by atoms with van der Waals surface area (Å²) in [6.07, 6.45) is 5.48. The lowest BCUT2D eigenvalue weighted by Gasteiger charge is -2.39. The number of carboxylic acids is 1. The van der Waals surface area contributed by atoms with Crippen molar-refractivity contribution in [2.45, 2.75) is 83.6 Å². The molecular formula is C32H46N4O6S. The molecule has 5 N–H and O–H groups in total. The van der Waals surface area contributed by atoms with Gasteiger partial charge >= 0.3 is 12.0 Å². The van der Waals surface area contributed by atoms with Crippen LogP contribution in [0, 0.1) is 17.3 Å². The number of amides is 3. The minimum atomic E-state index is -3.61. The highest BCUT2D eigenvalue weighted by atomic mass is 32.2. The average Bonchev–Trinajstić information content (AvgIpc) is 2.96. The minimum Gasteiger partial charge on any atom is -0.481 e. The molecule has 43 heavy (non-hydrogen) atoms. The summed E-state index contributed by atoms with van der Waals surface area (Å²) in [5, 5.41) is 17.4. The largest absolute Gasteiger partial charge is 0.481 e. The van der Waals surface area contributed by atoms with E-state index < -0.39 is 22.0 Å². The van der Waals surface area contributed by atoms with E-state index in [1.165, 1.54) is 12.1 Å². The van der Waals surface area contributed by atoms with E-state index in [9.17, 15) is 22.8 Å². The SMILES string of the molecule is CCCCNS(=O)(=O)c1ccc(NC(=O)NC(c2ccc(C(=O)NCCC(=O)O)cc2)[C@H]2CC[C@H](C(C)(C)C)CC2)cc1. The molecule has 2 aromatic carbocycles. The monoisotopic (exact) mass is 614 g/mol. The number of anilines is 1. The molecule has 3 amide bonds. The Morgan fingerprint density at radius 1 is 0.930 bits per heavy atom. The predicted octanol–water partition coefficient (Wildman–Crippen LogP) is 5.68. The summed E-state index contributed by atoms with van der Waals surface area (Å²) in [5.74, 6) is -0.543. The van der Waals surface area contributed by atoms with Gasteiger partial charge in [-0.3, -0.25) is 9.59 Å². The molecule has 0 radical (unpaired) electrons. The fourth-order valence-corrected chi connectivity index (χ4v) is 6.59. The Morgan fingerprint density at radius 2 is 1.56 bits per heavy atom. The molecule has 1 unspecified atom stereocenters. The van der Waals surface area contributed by atoms with Gasteiger partial charge in [0.15, 0.2) is 0 Å². The highest BCUT2D eigenvalue weighted by Crippen LogP contribution is 2.43. The van der Waals surface area contributed by atoms with Crippen LogP contribution in [-0.4, -0.2) is 44.5 Å². The van der Waals surface area contributed by atoms with Gasteiger partial charge in [-0.15, -0.1) is 0 Å². The summed E-state index contributed by atoms with van der Waals surface area (Å²) in [6.45, 7) is 9.19. The maximum absolute atomic E-state index is 13.2. The van der Waals surface area contributed by atoms with Gasteiger partial charge in [-0.2, -0.15) is 0 Å². The number of hydrogen-bond donors (Lipinski definition) is 5. The van der Waals surface area contributed by atoms with Crippen LogP contribution in [0.15, 0.2) is 53.4 Å². The van der Waals surface area contributed by atoms with Gasteiger partial charge in [-0.1, -0.05) is 46.2 Å². The lowest BCUT2D eigenvalue weighted by molar-refractivity contribution is -0.136. The second kappa shape index (κ2) is 15.3. The van der Waals surface area contributed by atoms with Crippen LogP contribution in [0.1, 0.15) is 94.6 Å². The van der Waals surface area contributed by atoms with Gasteiger partial charge < -0.3 is 21.1 Å². The molecular weight excluding hydrogens is 568 g/mol. The molecule has 1 aliphatic carbocycles. The fourth-order valence-electron chi connectivity index (χ4n) is 5.51. The van der Waals surface area contributed by atoms with Crippen LogP contribution in [0.3, 0.4) is 0 Å². The Bertz CT molecular complexity index is 1330. The number of benzene rings is 2. The first kappa shape index (κ1) is 34.1. The van der Waals surface area contributed by atoms with Crippen LogP contribution in [-0.2, 0) is 14.8 Å². The normalized spacial score (nSPS) is 18.0. The number of carbonyl (C=O) groups is 3. The van der Waals surface area contributed by atoms with Crippen LogP contribution < -0.4 is 20.7 Å². The van der Waals surface area contributed by atoms with Crippen LogP contribution in [0.5, 0.6) is 0 Å². The highest BCUT2D eigenvalue weighted by Gasteiger charge is 2.34. The molecule has 1 atom stereocenters. The number of aliphatic carboxylic acids is 1. The fraction of sp³-hybridized carbons (Fsp3) is 0.531. The third-order valence-corrected chi connectivity index (χ3v) is 9.63. The van der Waals surface area contributed by atoms with Crippen LogP contribution >= 0.6 is 0 Å². The van der Waals surface area contributed by atoms with Crippen LogP contribution in [0.4, 0.5) is 10.5 Å². The van der Waals surface area contributed by atoms with Crippen molar-refractivity contribution in [3.05, 3.63) is 59.7 Å². The van der Waals surface area contributed by atoms with Gasteiger partial charge in [0.2, 0.25) is 10.0 Å². The zero-order valence-corrected chi connectivity index (χ0v) is 26.4. The van der Waals surface area contributed by atoms with Crippen molar-refractivity contribution >= 4 is 33.6 Å². The Hall–Kier alpha value is -3.44. The van der Waals surface area contributed by atoms with Crippen LogP contribution in [0.2, 0.25) is 0 Å². The molecule has 236 valence electrons. The molecule has 1 aliphatic rings. The van der Waals surface area contributed by atoms with E-state index in [0.717, 1.165) is 44.1 Å². The number of sulfonamides is 1. The Morgan fingerprint density at radius 3 is 2.12 bits per heavy atom. The smallest absolute Gasteiger partial charge is 0.319 e. The lowest BCUT2D eigenvalue weighted by atomic mass is 9.68. The van der Waals surface area contributed by atoms with Crippen molar-refractivity contribution in [2.24, 2.45) is 17.3 Å². The lowest BCUT2D eigenvalue weighted by Crippen LogP contribution is -2.38. The van der Waals surface area contributed by atoms with Gasteiger partial charge in [0, 0.05) is 24.3 Å². The van der Waals surface area contributed by atoms with Crippen molar-refractivity contribution in [3.63, 3.8) is 0 Å². The van der Waals surface area contributed by atoms with Crippen molar-refractivity contribution in [3.8, 4) is 0 Å². The quantitative estimate of drug-likeness (QED) is 0.183. The standard InChI is InChI=1S/C32H46N4O6S/c1-5-6-20-34-43(41,42)27-17-15-26(16-18-27)35-31(40)36-29(23-11-13-25(14-12-23)32(2,3)4)22-7-9-24(10-8-22)30(39)33-21-19-28(37)38/h7-10,15-18,23,25,29,34H,5-6,11-14,19-21H2,1-4H3,(H,33,39)(H,37,38)(H2,35,36,40)/t23-,25-,29?. The first-order chi connectivity index (χ1) is 20.3. The maximum atomic E-state index is 13.2. The summed E-state index contributed by atoms with van der Waals surface area (Å²) in [6, 6.07) is 12.4. The van der Waals surface area contributed by atoms with Gasteiger partial charge in [0.1, 0.15) is 0 Å². The first-order valence-electron chi connectivity index (χ1n) is 15.1. The van der Waals surface area contributed by atoms with Crippen LogP contribution in [0.25, 0.3) is 0 Å². The van der Waals surface area contributed by atoms with E-state index in [-0.39, 0.29) is 41.1 Å². The number of carboxylic acid groups (broad SMARTS) is 1. The molecule has 0 aliphatic heterocycles. The molecule has 0 aromatic heterocycles. The number of carbonyl (C=O) groups excluding carboxylic acids is 2. The van der Waals surface area contributed by atoms with Gasteiger partial charge in [0.25, 0.3) is 5.91 Å². The molecule has 3 rings (SSSR count). The number of nitrogens with one attached hydrogen (secondary N) is 4. The molecule has 11 heteroatoms. The van der Waals surface area contributed by atoms with E-state index >= 15 is 0 Å². The zero-order valence-electron chi connectivity index (χ0n) is 25.6. The summed E-state index contributed by atoms with van der Waals surface area (Å²) in [7, 11) is -3.61. The second-order valence-electron chi connectivity index (χ2n) is 12.4. The molecule has 0 heterocycles. The van der Waals surface area contributed by atoms with E-state index in [0.29, 0.717) is 23.7 Å². The van der Waals surface area contributed by atoms with Crippen molar-refractivity contribution < 1.29 is 27.9 Å². The number of hydrogen-bond acceptors (Lipinski definition) is 5. The van der Waals surface area contributed by atoms with E-state index in [4.69, 9.17) is 5.11 Å². The Kier molecular flexibility index (Phi) is 12.1. The first-order valence-corrected chi connectivity index (χ1v) is 16.6. The van der Waals surface area contributed by atoms with E-state index in [1.807, 2.05) is 19.1 Å². The molecule has 1 saturated carbocycles. The van der Waals surface area contributed by atoms with Crippen molar-refractivity contribution in [1.29, 1.82) is 0 Å². The second-order valence-corrected chi connectivity index (χ2v) is 14.1. The third-order valence-electron chi connectivity index (χ3n) is 8.16. The van der Waals surface area contributed by atoms with E-state index in [1.54, 1.807) is 24.3 Å². The Labute approximate surface area is 255 Å². The minimum absolute atomic E-state index is 0.0412. The summed E-state index contributed by atoms with van der Waals surface area (Å²) in [4.78, 5) is 36.5. The van der Waals surface area contributed by atoms with Gasteiger partial charge in [-0.05, 0) is 91.3 Å². The molecule has 2 aromatic rings. The molecule has 0 saturated heterocycles. The van der Waals surface area contributed by atoms with Gasteiger partial charge in [-0.25, -0.2) is 17.9 Å². The number of unbranched alkanes of at least 4 members (excludes halogenated alkanes) is 1. The summed E-state index contributed by atoms with van der Waals surface area (Å²) in [5.41, 5.74) is 1.96. The molecule has 10 nitrogen and oxygen atoms in total. The average molecular weight is 615 g/mol. The Balaban J connectivity index is 1.72. The number of rotatable bonds is 13. The molecule has 1 fully saturated rings. The maximum Gasteiger partial charge on any atom is 0.319 e. The summed E-state index contributed by atoms with van der Waals surface area (Å²) < 4.78 is 27.6. The zero-order chi connectivity index (χ0) is 31.6. The molecule has 0 bridgehead atoms. The molecule has 0 spiro atoms. The highest BCUT2D eigenvalue weighted by molar-refractivity contribution is 7.89. The number of urea groups is 1. The van der Waals surface area contributed by atoms with Gasteiger partial charge in [0.05, 0.1) is 17.4 Å². The summed E-state index contributed by atoms with van der Waals surface area (Å²) >= 11 is 0. The van der Waals surface area contributed by atoms with Crippen molar-refractivity contribution in [2.75, 3.05) is 18.4 Å². The third kappa shape index (κ3) is 10.4. The van der Waals surface area contributed by atoms with E-state index in [2.05, 4.69) is 41.4 Å².